The Balaban J connectivity index is 1.58. The number of carbonyl (C=O) groups excluding carboxylic acids is 1. The van der Waals surface area contributed by atoms with Crippen LogP contribution in [-0.2, 0) is 11.0 Å². The van der Waals surface area contributed by atoms with Crippen LogP contribution in [-0.4, -0.2) is 22.7 Å². The lowest BCUT2D eigenvalue weighted by Crippen LogP contribution is -2.20. The summed E-state index contributed by atoms with van der Waals surface area (Å²) in [6.07, 6.45) is -4.43. The van der Waals surface area contributed by atoms with E-state index in [-0.39, 0.29) is 18.5 Å². The molecule has 0 unspecified atom stereocenters. The van der Waals surface area contributed by atoms with Gasteiger partial charge in [0.1, 0.15) is 5.75 Å². The first-order valence-corrected chi connectivity index (χ1v) is 7.82. The number of benzene rings is 2. The summed E-state index contributed by atoms with van der Waals surface area (Å²) in [5.74, 6) is 0.00314. The third-order valence-electron chi connectivity index (χ3n) is 3.52. The number of nitrogens with zero attached hydrogens (tertiary/aromatic N) is 2. The fourth-order valence-electron chi connectivity index (χ4n) is 2.13. The SMILES string of the molecule is Cc1ccc(OCC(=O)Nc2nnc(-c3ccc(C(F)(F)F)cc3)o2)cc1. The lowest BCUT2D eigenvalue weighted by atomic mass is 10.1. The Morgan fingerprint density at radius 1 is 1.07 bits per heavy atom. The molecule has 3 rings (SSSR count). The van der Waals surface area contributed by atoms with Crippen LogP contribution >= 0.6 is 0 Å². The smallest absolute Gasteiger partial charge is 0.416 e. The van der Waals surface area contributed by atoms with Crippen LogP contribution in [0, 0.1) is 6.92 Å². The minimum absolute atomic E-state index is 0.0153. The van der Waals surface area contributed by atoms with E-state index in [0.29, 0.717) is 11.3 Å². The second kappa shape index (κ2) is 7.48. The average molecular weight is 377 g/mol. The van der Waals surface area contributed by atoms with E-state index in [4.69, 9.17) is 9.15 Å². The van der Waals surface area contributed by atoms with Gasteiger partial charge < -0.3 is 9.15 Å². The predicted molar refractivity (Wildman–Crippen MR) is 90.0 cm³/mol. The standard InChI is InChI=1S/C18H14F3N3O3/c1-11-2-8-14(9-3-11)26-10-15(25)22-17-24-23-16(27-17)12-4-6-13(7-5-12)18(19,20)21/h2-9H,10H2,1H3,(H,22,24,25). The number of carbonyl (C=O) groups is 1. The van der Waals surface area contributed by atoms with E-state index in [1.165, 1.54) is 12.1 Å². The Morgan fingerprint density at radius 2 is 1.74 bits per heavy atom. The van der Waals surface area contributed by atoms with Gasteiger partial charge in [0.05, 0.1) is 5.56 Å². The summed E-state index contributed by atoms with van der Waals surface area (Å²) in [5, 5.41) is 9.71. The maximum atomic E-state index is 12.6. The minimum Gasteiger partial charge on any atom is -0.484 e. The van der Waals surface area contributed by atoms with Crippen LogP contribution < -0.4 is 10.1 Å². The van der Waals surface area contributed by atoms with Gasteiger partial charge in [-0.25, -0.2) is 0 Å². The van der Waals surface area contributed by atoms with Crippen molar-refractivity contribution in [3.8, 4) is 17.2 Å². The molecule has 140 valence electrons. The van der Waals surface area contributed by atoms with Crippen LogP contribution in [0.25, 0.3) is 11.5 Å². The average Bonchev–Trinajstić information content (AvgIpc) is 3.09. The number of nitrogens with one attached hydrogen (secondary N) is 1. The maximum absolute atomic E-state index is 12.6. The second-order valence-corrected chi connectivity index (χ2v) is 5.64. The Labute approximate surface area is 152 Å². The molecule has 0 radical (unpaired) electrons. The van der Waals surface area contributed by atoms with Crippen molar-refractivity contribution >= 4 is 11.9 Å². The molecule has 1 heterocycles. The van der Waals surface area contributed by atoms with Crippen LogP contribution in [0.15, 0.2) is 52.9 Å². The van der Waals surface area contributed by atoms with Crippen molar-refractivity contribution in [3.05, 3.63) is 59.7 Å². The quantitative estimate of drug-likeness (QED) is 0.725. The number of aromatic nitrogens is 2. The van der Waals surface area contributed by atoms with Gasteiger partial charge in [0, 0.05) is 5.56 Å². The normalized spacial score (nSPS) is 11.3. The van der Waals surface area contributed by atoms with Gasteiger partial charge >= 0.3 is 12.2 Å². The molecule has 3 aromatic rings. The zero-order chi connectivity index (χ0) is 19.4. The summed E-state index contributed by atoms with van der Waals surface area (Å²) in [5.41, 5.74) is 0.577. The van der Waals surface area contributed by atoms with Gasteiger partial charge in [0.2, 0.25) is 5.89 Å². The summed E-state index contributed by atoms with van der Waals surface area (Å²) in [6, 6.07) is 11.2. The fraction of sp³-hybridized carbons (Fsp3) is 0.167. The Hall–Kier alpha value is -3.36. The van der Waals surface area contributed by atoms with Gasteiger partial charge in [-0.05, 0) is 43.3 Å². The number of ether oxygens (including phenoxy) is 1. The maximum Gasteiger partial charge on any atom is 0.416 e. The van der Waals surface area contributed by atoms with Gasteiger partial charge in [-0.15, -0.1) is 5.10 Å². The van der Waals surface area contributed by atoms with Crippen LogP contribution in [0.5, 0.6) is 5.75 Å². The zero-order valence-corrected chi connectivity index (χ0v) is 14.1. The molecule has 1 amide bonds. The van der Waals surface area contributed by atoms with Crippen LogP contribution in [0.1, 0.15) is 11.1 Å². The minimum atomic E-state index is -4.43. The first kappa shape index (κ1) is 18.4. The Morgan fingerprint density at radius 3 is 2.37 bits per heavy atom. The lowest BCUT2D eigenvalue weighted by Gasteiger charge is -2.06. The molecule has 0 fully saturated rings. The molecule has 0 atom stereocenters. The van der Waals surface area contributed by atoms with E-state index in [2.05, 4.69) is 15.5 Å². The molecule has 0 bridgehead atoms. The van der Waals surface area contributed by atoms with Gasteiger partial charge in [0.15, 0.2) is 6.61 Å². The van der Waals surface area contributed by atoms with Crippen molar-refractivity contribution in [2.45, 2.75) is 13.1 Å². The highest BCUT2D eigenvalue weighted by Gasteiger charge is 2.30. The fourth-order valence-corrected chi connectivity index (χ4v) is 2.13. The molecule has 27 heavy (non-hydrogen) atoms. The molecule has 0 aliphatic carbocycles. The van der Waals surface area contributed by atoms with Crippen LogP contribution in [0.4, 0.5) is 19.2 Å². The highest BCUT2D eigenvalue weighted by atomic mass is 19.4. The number of halogens is 3. The third kappa shape index (κ3) is 4.84. The van der Waals surface area contributed by atoms with Gasteiger partial charge in [0.25, 0.3) is 5.91 Å². The molecule has 0 saturated carbocycles. The van der Waals surface area contributed by atoms with Crippen molar-refractivity contribution in [2.24, 2.45) is 0 Å². The first-order chi connectivity index (χ1) is 12.8. The van der Waals surface area contributed by atoms with Crippen molar-refractivity contribution < 1.29 is 27.1 Å². The number of hydrogen-bond acceptors (Lipinski definition) is 5. The molecule has 0 saturated heterocycles. The van der Waals surface area contributed by atoms with Crippen molar-refractivity contribution in [3.63, 3.8) is 0 Å². The Bertz CT molecular complexity index is 920. The molecule has 1 N–H and O–H groups in total. The van der Waals surface area contributed by atoms with Crippen LogP contribution in [0.2, 0.25) is 0 Å². The molecular weight excluding hydrogens is 363 g/mol. The van der Waals surface area contributed by atoms with Crippen molar-refractivity contribution in [2.75, 3.05) is 11.9 Å². The van der Waals surface area contributed by atoms with Gasteiger partial charge in [-0.3, -0.25) is 10.1 Å². The van der Waals surface area contributed by atoms with Gasteiger partial charge in [-0.2, -0.15) is 13.2 Å². The molecule has 2 aromatic carbocycles. The summed E-state index contributed by atoms with van der Waals surface area (Å²) in [7, 11) is 0. The van der Waals surface area contributed by atoms with Crippen molar-refractivity contribution in [1.82, 2.24) is 10.2 Å². The predicted octanol–water partition coefficient (Wildman–Crippen LogP) is 4.08. The van der Waals surface area contributed by atoms with Crippen molar-refractivity contribution in [1.29, 1.82) is 0 Å². The summed E-state index contributed by atoms with van der Waals surface area (Å²) in [4.78, 5) is 11.9. The molecule has 9 heteroatoms. The third-order valence-corrected chi connectivity index (χ3v) is 3.52. The number of alkyl halides is 3. The number of aryl methyl sites for hydroxylation is 1. The Kier molecular flexibility index (Phi) is 5.11. The monoisotopic (exact) mass is 377 g/mol. The van der Waals surface area contributed by atoms with E-state index in [9.17, 15) is 18.0 Å². The molecule has 1 aromatic heterocycles. The molecular formula is C18H14F3N3O3. The molecule has 0 spiro atoms. The summed E-state index contributed by atoms with van der Waals surface area (Å²) < 4.78 is 48.3. The van der Waals surface area contributed by atoms with E-state index in [1.807, 2.05) is 19.1 Å². The highest BCUT2D eigenvalue weighted by Crippen LogP contribution is 2.30. The summed E-state index contributed by atoms with van der Waals surface area (Å²) >= 11 is 0. The molecule has 6 nitrogen and oxygen atoms in total. The van der Waals surface area contributed by atoms with E-state index < -0.39 is 17.6 Å². The number of rotatable bonds is 5. The second-order valence-electron chi connectivity index (χ2n) is 5.64. The largest absolute Gasteiger partial charge is 0.484 e. The highest BCUT2D eigenvalue weighted by molar-refractivity contribution is 5.89. The number of hydrogen-bond donors (Lipinski definition) is 1. The number of anilines is 1. The summed E-state index contributed by atoms with van der Waals surface area (Å²) in [6.45, 7) is 1.67. The van der Waals surface area contributed by atoms with E-state index in [1.54, 1.807) is 12.1 Å². The molecule has 0 aliphatic rings. The first-order valence-electron chi connectivity index (χ1n) is 7.82. The van der Waals surface area contributed by atoms with E-state index >= 15 is 0 Å². The zero-order valence-electron chi connectivity index (χ0n) is 14.1. The molecule has 0 aliphatic heterocycles. The topological polar surface area (TPSA) is 77.2 Å². The van der Waals surface area contributed by atoms with Gasteiger partial charge in [-0.1, -0.05) is 22.8 Å². The van der Waals surface area contributed by atoms with Crippen LogP contribution in [0.3, 0.4) is 0 Å². The lowest BCUT2D eigenvalue weighted by molar-refractivity contribution is -0.137. The van der Waals surface area contributed by atoms with E-state index in [0.717, 1.165) is 17.7 Å². The number of amides is 1.